The van der Waals surface area contributed by atoms with Crippen molar-refractivity contribution >= 4 is 5.69 Å². The van der Waals surface area contributed by atoms with E-state index in [1.807, 2.05) is 6.07 Å². The average molecular weight is 442 g/mol. The number of fused-ring (bicyclic) bond motifs is 1. The Morgan fingerprint density at radius 1 is 0.758 bits per heavy atom. The van der Waals surface area contributed by atoms with Gasteiger partial charge in [0.1, 0.15) is 0 Å². The van der Waals surface area contributed by atoms with Crippen molar-refractivity contribution in [1.29, 1.82) is 0 Å². The van der Waals surface area contributed by atoms with Crippen molar-refractivity contribution in [1.82, 2.24) is 9.80 Å². The summed E-state index contributed by atoms with van der Waals surface area (Å²) in [5.41, 5.74) is 5.34. The molecule has 0 unspecified atom stereocenters. The highest BCUT2D eigenvalue weighted by Gasteiger charge is 2.30. The van der Waals surface area contributed by atoms with Crippen molar-refractivity contribution in [3.63, 3.8) is 0 Å². The van der Waals surface area contributed by atoms with Crippen molar-refractivity contribution in [3.05, 3.63) is 111 Å². The number of piperidine rings is 1. The van der Waals surface area contributed by atoms with Crippen LogP contribution in [0.4, 0.5) is 5.69 Å². The molecule has 0 saturated carbocycles. The van der Waals surface area contributed by atoms with Crippen LogP contribution in [0.15, 0.2) is 78.9 Å². The first kappa shape index (κ1) is 21.8. The van der Waals surface area contributed by atoms with Gasteiger partial charge in [0.05, 0.1) is 11.0 Å². The number of nitro benzene ring substituents is 1. The van der Waals surface area contributed by atoms with E-state index in [4.69, 9.17) is 0 Å². The molecule has 0 bridgehead atoms. The predicted molar refractivity (Wildman–Crippen MR) is 131 cm³/mol. The molecule has 2 aliphatic heterocycles. The molecule has 0 atom stereocenters. The molecule has 5 nitrogen and oxygen atoms in total. The Bertz CT molecular complexity index is 1040. The largest absolute Gasteiger partial charge is 0.300 e. The zero-order valence-corrected chi connectivity index (χ0v) is 19.0. The molecule has 5 rings (SSSR count). The Balaban J connectivity index is 1.26. The Kier molecular flexibility index (Phi) is 6.51. The van der Waals surface area contributed by atoms with Crippen LogP contribution < -0.4 is 0 Å². The van der Waals surface area contributed by atoms with Crippen molar-refractivity contribution in [2.45, 2.75) is 37.8 Å². The second-order valence-electron chi connectivity index (χ2n) is 9.24. The Labute approximate surface area is 195 Å². The molecule has 0 radical (unpaired) electrons. The van der Waals surface area contributed by atoms with Crippen LogP contribution >= 0.6 is 0 Å². The number of nitro groups is 1. The standard InChI is InChI=1S/C28H31N3O2/c32-31(33)27-12-11-22-13-17-29(18-14-25(22)21-27)26-15-19-30(20-16-26)28(23-7-3-1-4-8-23)24-9-5-2-6-10-24/h1-12,21,26,28H,13-20H2. The number of rotatable bonds is 5. The molecular formula is C28H31N3O2. The molecule has 0 amide bonds. The molecule has 2 heterocycles. The first-order chi connectivity index (χ1) is 16.2. The second-order valence-corrected chi connectivity index (χ2v) is 9.24. The van der Waals surface area contributed by atoms with Crippen LogP contribution in [-0.2, 0) is 12.8 Å². The van der Waals surface area contributed by atoms with Gasteiger partial charge in [-0.25, -0.2) is 0 Å². The fourth-order valence-electron chi connectivity index (χ4n) is 5.60. The van der Waals surface area contributed by atoms with Crippen LogP contribution in [0.25, 0.3) is 0 Å². The molecule has 170 valence electrons. The maximum absolute atomic E-state index is 11.2. The third-order valence-electron chi connectivity index (χ3n) is 7.35. The van der Waals surface area contributed by atoms with E-state index in [0.717, 1.165) is 57.4 Å². The average Bonchev–Trinajstić information content (AvgIpc) is 3.08. The molecule has 33 heavy (non-hydrogen) atoms. The van der Waals surface area contributed by atoms with E-state index in [-0.39, 0.29) is 10.6 Å². The number of benzene rings is 3. The molecule has 3 aromatic carbocycles. The quantitative estimate of drug-likeness (QED) is 0.401. The van der Waals surface area contributed by atoms with E-state index < -0.39 is 0 Å². The number of hydrogen-bond acceptors (Lipinski definition) is 4. The summed E-state index contributed by atoms with van der Waals surface area (Å²) in [6.07, 6.45) is 4.19. The van der Waals surface area contributed by atoms with Gasteiger partial charge >= 0.3 is 0 Å². The molecule has 0 spiro atoms. The van der Waals surface area contributed by atoms with Crippen molar-refractivity contribution in [2.24, 2.45) is 0 Å². The molecule has 5 heteroatoms. The van der Waals surface area contributed by atoms with Crippen LogP contribution in [0, 0.1) is 10.1 Å². The lowest BCUT2D eigenvalue weighted by Crippen LogP contribution is -2.46. The summed E-state index contributed by atoms with van der Waals surface area (Å²) in [6, 6.07) is 28.0. The van der Waals surface area contributed by atoms with Gasteiger partial charge in [0.2, 0.25) is 0 Å². The molecule has 1 fully saturated rings. The lowest BCUT2D eigenvalue weighted by Gasteiger charge is -2.41. The Morgan fingerprint density at radius 2 is 1.33 bits per heavy atom. The Morgan fingerprint density at radius 3 is 1.91 bits per heavy atom. The van der Waals surface area contributed by atoms with E-state index in [0.29, 0.717) is 12.1 Å². The molecule has 1 saturated heterocycles. The van der Waals surface area contributed by atoms with Crippen LogP contribution in [0.3, 0.4) is 0 Å². The first-order valence-electron chi connectivity index (χ1n) is 12.0. The lowest BCUT2D eigenvalue weighted by atomic mass is 9.93. The van der Waals surface area contributed by atoms with Gasteiger partial charge in [-0.3, -0.25) is 19.9 Å². The highest BCUT2D eigenvalue weighted by molar-refractivity contribution is 5.41. The molecule has 0 aliphatic carbocycles. The maximum atomic E-state index is 11.2. The summed E-state index contributed by atoms with van der Waals surface area (Å²) in [4.78, 5) is 16.1. The summed E-state index contributed by atoms with van der Waals surface area (Å²) in [7, 11) is 0. The number of nitrogens with zero attached hydrogens (tertiary/aromatic N) is 3. The SMILES string of the molecule is O=[N+]([O-])c1ccc2c(c1)CCN(C1CCN(C(c3ccccc3)c3ccccc3)CC1)CC2. The normalized spacial score (nSPS) is 18.1. The zero-order valence-electron chi connectivity index (χ0n) is 19.0. The first-order valence-corrected chi connectivity index (χ1v) is 12.0. The van der Waals surface area contributed by atoms with Crippen molar-refractivity contribution < 1.29 is 4.92 Å². The summed E-state index contributed by atoms with van der Waals surface area (Å²) in [5.74, 6) is 0. The minimum Gasteiger partial charge on any atom is -0.300 e. The monoisotopic (exact) mass is 441 g/mol. The van der Waals surface area contributed by atoms with Gasteiger partial charge in [-0.2, -0.15) is 0 Å². The minimum atomic E-state index is -0.283. The lowest BCUT2D eigenvalue weighted by molar-refractivity contribution is -0.384. The Hall–Kier alpha value is -3.02. The van der Waals surface area contributed by atoms with E-state index in [1.54, 1.807) is 12.1 Å². The van der Waals surface area contributed by atoms with Gasteiger partial charge < -0.3 is 0 Å². The number of likely N-dealkylation sites (tertiary alicyclic amines) is 1. The van der Waals surface area contributed by atoms with Crippen molar-refractivity contribution in [3.8, 4) is 0 Å². The maximum Gasteiger partial charge on any atom is 0.269 e. The van der Waals surface area contributed by atoms with Gasteiger partial charge in [0.15, 0.2) is 0 Å². The summed E-state index contributed by atoms with van der Waals surface area (Å²) < 4.78 is 0. The van der Waals surface area contributed by atoms with Gasteiger partial charge in [-0.05, 0) is 47.9 Å². The van der Waals surface area contributed by atoms with E-state index >= 15 is 0 Å². The summed E-state index contributed by atoms with van der Waals surface area (Å²) >= 11 is 0. The highest BCUT2D eigenvalue weighted by Crippen LogP contribution is 2.32. The molecule has 3 aromatic rings. The van der Waals surface area contributed by atoms with Crippen LogP contribution in [0.1, 0.15) is 41.1 Å². The fourth-order valence-corrected chi connectivity index (χ4v) is 5.60. The van der Waals surface area contributed by atoms with E-state index in [9.17, 15) is 10.1 Å². The van der Waals surface area contributed by atoms with Gasteiger partial charge in [-0.1, -0.05) is 66.7 Å². The minimum absolute atomic E-state index is 0.211. The van der Waals surface area contributed by atoms with Gasteiger partial charge in [0.25, 0.3) is 5.69 Å². The zero-order chi connectivity index (χ0) is 22.6. The summed E-state index contributed by atoms with van der Waals surface area (Å²) in [5, 5.41) is 11.2. The van der Waals surface area contributed by atoms with Crippen LogP contribution in [0.2, 0.25) is 0 Å². The highest BCUT2D eigenvalue weighted by atomic mass is 16.6. The third-order valence-corrected chi connectivity index (χ3v) is 7.35. The third kappa shape index (κ3) is 4.85. The van der Waals surface area contributed by atoms with E-state index in [2.05, 4.69) is 70.5 Å². The molecular weight excluding hydrogens is 410 g/mol. The molecule has 0 N–H and O–H groups in total. The van der Waals surface area contributed by atoms with Crippen LogP contribution in [-0.4, -0.2) is 46.9 Å². The molecule has 2 aliphatic rings. The number of non-ortho nitro benzene ring substituents is 1. The topological polar surface area (TPSA) is 49.6 Å². The van der Waals surface area contributed by atoms with Gasteiger partial charge in [-0.15, -0.1) is 0 Å². The fraction of sp³-hybridized carbons (Fsp3) is 0.357. The molecule has 0 aromatic heterocycles. The summed E-state index contributed by atoms with van der Waals surface area (Å²) in [6.45, 7) is 4.18. The second kappa shape index (κ2) is 9.86. The van der Waals surface area contributed by atoms with Crippen molar-refractivity contribution in [2.75, 3.05) is 26.2 Å². The number of hydrogen-bond donors (Lipinski definition) is 0. The van der Waals surface area contributed by atoms with E-state index in [1.165, 1.54) is 16.7 Å². The predicted octanol–water partition coefficient (Wildman–Crippen LogP) is 5.25. The van der Waals surface area contributed by atoms with Gasteiger partial charge in [0, 0.05) is 44.4 Å². The van der Waals surface area contributed by atoms with Crippen LogP contribution in [0.5, 0.6) is 0 Å². The smallest absolute Gasteiger partial charge is 0.269 e.